The summed E-state index contributed by atoms with van der Waals surface area (Å²) in [5.74, 6) is 0.860. The Bertz CT molecular complexity index is 841. The fourth-order valence-corrected chi connectivity index (χ4v) is 2.84. The number of aromatic amines is 1. The first-order chi connectivity index (χ1) is 12.2. The average Bonchev–Trinajstić information content (AvgIpc) is 3.05. The maximum absolute atomic E-state index is 11.9. The molecule has 0 fully saturated rings. The number of hydrogen-bond acceptors (Lipinski definition) is 5. The number of ether oxygens (including phenoxy) is 1. The minimum Gasteiger partial charge on any atom is -0.494 e. The second-order valence-electron chi connectivity index (χ2n) is 5.14. The summed E-state index contributed by atoms with van der Waals surface area (Å²) >= 11 is 1.34. The van der Waals surface area contributed by atoms with E-state index < -0.39 is 0 Å². The molecule has 0 aliphatic rings. The highest BCUT2D eigenvalue weighted by Gasteiger charge is 2.06. The van der Waals surface area contributed by atoms with Crippen molar-refractivity contribution < 1.29 is 9.53 Å². The van der Waals surface area contributed by atoms with Crippen LogP contribution in [0.2, 0.25) is 0 Å². The Morgan fingerprint density at radius 3 is 2.84 bits per heavy atom. The summed E-state index contributed by atoms with van der Waals surface area (Å²) in [5.41, 5.74) is 5.24. The Morgan fingerprint density at radius 1 is 1.28 bits per heavy atom. The van der Waals surface area contributed by atoms with E-state index in [4.69, 9.17) is 4.74 Å². The molecule has 0 radical (unpaired) electrons. The lowest BCUT2D eigenvalue weighted by atomic mass is 10.2. The maximum atomic E-state index is 11.9. The highest BCUT2D eigenvalue weighted by atomic mass is 32.2. The molecule has 0 aliphatic carbocycles. The third-order valence-electron chi connectivity index (χ3n) is 3.30. The van der Waals surface area contributed by atoms with Crippen LogP contribution < -0.4 is 10.2 Å². The van der Waals surface area contributed by atoms with E-state index in [1.54, 1.807) is 6.21 Å². The van der Waals surface area contributed by atoms with Crippen molar-refractivity contribution in [2.75, 3.05) is 12.4 Å². The van der Waals surface area contributed by atoms with Crippen molar-refractivity contribution in [1.29, 1.82) is 0 Å². The van der Waals surface area contributed by atoms with Crippen molar-refractivity contribution in [2.24, 2.45) is 5.10 Å². The molecule has 128 valence electrons. The molecule has 2 aromatic carbocycles. The molecule has 1 aromatic heterocycles. The Hall–Kier alpha value is -2.80. The molecule has 0 saturated heterocycles. The fourth-order valence-electron chi connectivity index (χ4n) is 2.16. The zero-order chi connectivity index (χ0) is 17.5. The van der Waals surface area contributed by atoms with Gasteiger partial charge in [0.1, 0.15) is 5.75 Å². The molecule has 0 unspecified atom stereocenters. The number of hydrazone groups is 1. The molecule has 6 nitrogen and oxygen atoms in total. The molecule has 25 heavy (non-hydrogen) atoms. The van der Waals surface area contributed by atoms with Crippen molar-refractivity contribution in [2.45, 2.75) is 12.1 Å². The van der Waals surface area contributed by atoms with E-state index in [1.807, 2.05) is 55.5 Å². The van der Waals surface area contributed by atoms with Gasteiger partial charge in [0.15, 0.2) is 5.16 Å². The van der Waals surface area contributed by atoms with Gasteiger partial charge < -0.3 is 9.72 Å². The van der Waals surface area contributed by atoms with Gasteiger partial charge in [0.25, 0.3) is 5.91 Å². The summed E-state index contributed by atoms with van der Waals surface area (Å²) in [7, 11) is 0. The minimum atomic E-state index is -0.187. The van der Waals surface area contributed by atoms with Gasteiger partial charge in [0.2, 0.25) is 0 Å². The van der Waals surface area contributed by atoms with Crippen LogP contribution in [0.3, 0.4) is 0 Å². The number of hydrogen-bond donors (Lipinski definition) is 2. The summed E-state index contributed by atoms with van der Waals surface area (Å²) in [6.45, 7) is 2.57. The number of aromatic nitrogens is 2. The quantitative estimate of drug-likeness (QED) is 0.388. The Labute approximate surface area is 149 Å². The van der Waals surface area contributed by atoms with E-state index in [2.05, 4.69) is 20.5 Å². The summed E-state index contributed by atoms with van der Waals surface area (Å²) < 4.78 is 5.37. The molecule has 1 heterocycles. The number of benzene rings is 2. The summed E-state index contributed by atoms with van der Waals surface area (Å²) in [4.78, 5) is 19.4. The van der Waals surface area contributed by atoms with E-state index in [9.17, 15) is 4.79 Å². The van der Waals surface area contributed by atoms with Crippen LogP contribution in [0.25, 0.3) is 11.0 Å². The number of rotatable bonds is 7. The van der Waals surface area contributed by atoms with Gasteiger partial charge in [0.05, 0.1) is 29.6 Å². The highest BCUT2D eigenvalue weighted by Crippen LogP contribution is 2.18. The number of H-pyrrole nitrogens is 1. The number of carbonyl (C=O) groups is 1. The van der Waals surface area contributed by atoms with Crippen LogP contribution in [0.4, 0.5) is 0 Å². The first-order valence-corrected chi connectivity index (χ1v) is 8.85. The summed E-state index contributed by atoms with van der Waals surface area (Å²) in [5, 5.41) is 4.68. The normalized spacial score (nSPS) is 11.1. The monoisotopic (exact) mass is 354 g/mol. The fraction of sp³-hybridized carbons (Fsp3) is 0.167. The van der Waals surface area contributed by atoms with Gasteiger partial charge in [-0.05, 0) is 48.9 Å². The van der Waals surface area contributed by atoms with Crippen molar-refractivity contribution >= 4 is 34.9 Å². The van der Waals surface area contributed by atoms with Crippen LogP contribution in [0, 0.1) is 0 Å². The standard InChI is InChI=1S/C18H18N4O2S/c1-2-24-14-9-7-13(8-10-14)11-19-22-17(23)12-25-18-20-15-5-3-4-6-16(15)21-18/h3-11H,2,12H2,1H3,(H,20,21)(H,22,23)/b19-11+. The van der Waals surface area contributed by atoms with Gasteiger partial charge in [-0.3, -0.25) is 4.79 Å². The maximum Gasteiger partial charge on any atom is 0.250 e. The van der Waals surface area contributed by atoms with E-state index in [-0.39, 0.29) is 11.7 Å². The van der Waals surface area contributed by atoms with Crippen molar-refractivity contribution in [3.8, 4) is 5.75 Å². The van der Waals surface area contributed by atoms with Crippen LogP contribution in [0.1, 0.15) is 12.5 Å². The van der Waals surface area contributed by atoms with Gasteiger partial charge in [-0.25, -0.2) is 10.4 Å². The average molecular weight is 354 g/mol. The lowest BCUT2D eigenvalue weighted by molar-refractivity contribution is -0.118. The van der Waals surface area contributed by atoms with Gasteiger partial charge in [0, 0.05) is 0 Å². The van der Waals surface area contributed by atoms with Crippen LogP contribution in [-0.2, 0) is 4.79 Å². The van der Waals surface area contributed by atoms with E-state index >= 15 is 0 Å². The largest absolute Gasteiger partial charge is 0.494 e. The number of amides is 1. The summed E-state index contributed by atoms with van der Waals surface area (Å²) in [6, 6.07) is 15.2. The first kappa shape index (κ1) is 17.0. The van der Waals surface area contributed by atoms with E-state index in [0.29, 0.717) is 11.8 Å². The van der Waals surface area contributed by atoms with Crippen LogP contribution in [-0.4, -0.2) is 34.4 Å². The lowest BCUT2D eigenvalue weighted by Crippen LogP contribution is -2.19. The Kier molecular flexibility index (Phi) is 5.69. The van der Waals surface area contributed by atoms with E-state index in [1.165, 1.54) is 11.8 Å². The third-order valence-corrected chi connectivity index (χ3v) is 4.17. The topological polar surface area (TPSA) is 79.4 Å². The zero-order valence-corrected chi connectivity index (χ0v) is 14.5. The molecule has 3 aromatic rings. The molecule has 2 N–H and O–H groups in total. The van der Waals surface area contributed by atoms with Crippen LogP contribution in [0.15, 0.2) is 58.8 Å². The highest BCUT2D eigenvalue weighted by molar-refractivity contribution is 7.99. The van der Waals surface area contributed by atoms with Crippen LogP contribution >= 0.6 is 11.8 Å². The number of thioether (sulfide) groups is 1. The zero-order valence-electron chi connectivity index (χ0n) is 13.7. The molecule has 0 aliphatic heterocycles. The first-order valence-electron chi connectivity index (χ1n) is 7.87. The molecule has 0 atom stereocenters. The Morgan fingerprint density at radius 2 is 2.08 bits per heavy atom. The SMILES string of the molecule is CCOc1ccc(/C=N/NC(=O)CSc2nc3ccccc3[nH]2)cc1. The predicted molar refractivity (Wildman–Crippen MR) is 100 cm³/mol. The smallest absolute Gasteiger partial charge is 0.250 e. The number of nitrogens with zero attached hydrogens (tertiary/aromatic N) is 2. The Balaban J connectivity index is 1.47. The van der Waals surface area contributed by atoms with Gasteiger partial charge >= 0.3 is 0 Å². The third kappa shape index (κ3) is 4.84. The van der Waals surface area contributed by atoms with Crippen molar-refractivity contribution in [1.82, 2.24) is 15.4 Å². The second kappa shape index (κ2) is 8.34. The lowest BCUT2D eigenvalue weighted by Gasteiger charge is -2.02. The second-order valence-corrected chi connectivity index (χ2v) is 6.11. The molecular weight excluding hydrogens is 336 g/mol. The number of para-hydroxylation sites is 2. The summed E-state index contributed by atoms with van der Waals surface area (Å²) in [6.07, 6.45) is 1.60. The number of nitrogens with one attached hydrogen (secondary N) is 2. The molecule has 7 heteroatoms. The van der Waals surface area contributed by atoms with E-state index in [0.717, 1.165) is 22.3 Å². The molecule has 0 bridgehead atoms. The number of fused-ring (bicyclic) bond motifs is 1. The molecular formula is C18H18N4O2S. The van der Waals surface area contributed by atoms with Gasteiger partial charge in [-0.15, -0.1) is 0 Å². The molecule has 0 spiro atoms. The van der Waals surface area contributed by atoms with Gasteiger partial charge in [-0.1, -0.05) is 23.9 Å². The number of imidazole rings is 1. The van der Waals surface area contributed by atoms with Crippen LogP contribution in [0.5, 0.6) is 5.75 Å². The van der Waals surface area contributed by atoms with Gasteiger partial charge in [-0.2, -0.15) is 5.10 Å². The van der Waals surface area contributed by atoms with Crippen molar-refractivity contribution in [3.63, 3.8) is 0 Å². The predicted octanol–water partition coefficient (Wildman–Crippen LogP) is 3.20. The molecule has 3 rings (SSSR count). The van der Waals surface area contributed by atoms with Crippen molar-refractivity contribution in [3.05, 3.63) is 54.1 Å². The molecule has 1 amide bonds. The minimum absolute atomic E-state index is 0.187. The number of carbonyl (C=O) groups excluding carboxylic acids is 1. The molecule has 0 saturated carbocycles.